The molecule has 1 N–H and O–H groups in total. The molecule has 17 heavy (non-hydrogen) atoms. The zero-order valence-corrected chi connectivity index (χ0v) is 9.08. The van der Waals surface area contributed by atoms with Crippen molar-refractivity contribution in [3.8, 4) is 11.8 Å². The minimum absolute atomic E-state index is 0.0465. The highest BCUT2D eigenvalue weighted by Gasteiger charge is 2.15. The van der Waals surface area contributed by atoms with Gasteiger partial charge in [-0.05, 0) is 25.1 Å². The van der Waals surface area contributed by atoms with Crippen molar-refractivity contribution in [2.24, 2.45) is 0 Å². The molecule has 0 saturated heterocycles. The van der Waals surface area contributed by atoms with Crippen LogP contribution in [0.1, 0.15) is 21.7 Å². The Hall–Kier alpha value is -2.61. The van der Waals surface area contributed by atoms with E-state index in [1.807, 2.05) is 6.07 Å². The van der Waals surface area contributed by atoms with Crippen molar-refractivity contribution >= 4 is 5.97 Å². The third-order valence-corrected chi connectivity index (χ3v) is 2.30. The summed E-state index contributed by atoms with van der Waals surface area (Å²) in [5.74, 6) is -1.07. The Morgan fingerprint density at radius 1 is 1.47 bits per heavy atom. The van der Waals surface area contributed by atoms with Crippen LogP contribution < -0.4 is 0 Å². The molecular formula is C12H9N3O2. The minimum atomic E-state index is -1.07. The van der Waals surface area contributed by atoms with Crippen LogP contribution >= 0.6 is 0 Å². The number of nitrogens with zero attached hydrogens (tertiary/aromatic N) is 3. The molecule has 0 radical (unpaired) electrons. The van der Waals surface area contributed by atoms with Gasteiger partial charge in [-0.25, -0.2) is 9.48 Å². The summed E-state index contributed by atoms with van der Waals surface area (Å²) in [6.07, 6.45) is 0. The van der Waals surface area contributed by atoms with Crippen LogP contribution in [0, 0.1) is 18.3 Å². The highest BCUT2D eigenvalue weighted by Crippen LogP contribution is 2.16. The van der Waals surface area contributed by atoms with Gasteiger partial charge >= 0.3 is 5.97 Å². The lowest BCUT2D eigenvalue weighted by Gasteiger charge is -2.05. The molecule has 5 nitrogen and oxygen atoms in total. The van der Waals surface area contributed by atoms with Crippen LogP contribution in [0.5, 0.6) is 0 Å². The van der Waals surface area contributed by atoms with Gasteiger partial charge in [-0.1, -0.05) is 12.1 Å². The maximum atomic E-state index is 11.1. The number of nitriles is 1. The molecule has 2 rings (SSSR count). The molecule has 0 saturated carbocycles. The van der Waals surface area contributed by atoms with Gasteiger partial charge in [0.25, 0.3) is 0 Å². The zero-order chi connectivity index (χ0) is 12.4. The Morgan fingerprint density at radius 2 is 2.18 bits per heavy atom. The van der Waals surface area contributed by atoms with E-state index in [0.29, 0.717) is 16.9 Å². The summed E-state index contributed by atoms with van der Waals surface area (Å²) in [4.78, 5) is 11.1. The first-order valence-corrected chi connectivity index (χ1v) is 4.93. The van der Waals surface area contributed by atoms with Gasteiger partial charge in [-0.15, -0.1) is 0 Å². The monoisotopic (exact) mass is 227 g/mol. The Labute approximate surface area is 97.5 Å². The van der Waals surface area contributed by atoms with E-state index in [4.69, 9.17) is 10.4 Å². The third-order valence-electron chi connectivity index (χ3n) is 2.30. The smallest absolute Gasteiger partial charge is 0.354 e. The molecule has 0 aliphatic rings. The second kappa shape index (κ2) is 4.10. The lowest BCUT2D eigenvalue weighted by atomic mass is 10.2. The van der Waals surface area contributed by atoms with Gasteiger partial charge in [0.2, 0.25) is 0 Å². The molecule has 0 amide bonds. The minimum Gasteiger partial charge on any atom is -0.477 e. The van der Waals surface area contributed by atoms with Gasteiger partial charge in [-0.3, -0.25) is 0 Å². The number of benzene rings is 1. The van der Waals surface area contributed by atoms with E-state index in [2.05, 4.69) is 5.10 Å². The predicted molar refractivity (Wildman–Crippen MR) is 60.0 cm³/mol. The molecule has 0 aliphatic heterocycles. The molecule has 1 heterocycles. The summed E-state index contributed by atoms with van der Waals surface area (Å²) in [6.45, 7) is 1.71. The fourth-order valence-electron chi connectivity index (χ4n) is 1.59. The normalized spacial score (nSPS) is 9.88. The topological polar surface area (TPSA) is 78.9 Å². The van der Waals surface area contributed by atoms with Crippen molar-refractivity contribution in [1.82, 2.24) is 9.78 Å². The molecular weight excluding hydrogens is 218 g/mol. The summed E-state index contributed by atoms with van der Waals surface area (Å²) in [5, 5.41) is 22.1. The second-order valence-electron chi connectivity index (χ2n) is 3.52. The summed E-state index contributed by atoms with van der Waals surface area (Å²) >= 11 is 0. The first-order chi connectivity index (χ1) is 8.13. The molecule has 0 unspecified atom stereocenters. The van der Waals surface area contributed by atoms with Crippen molar-refractivity contribution in [3.63, 3.8) is 0 Å². The number of para-hydroxylation sites is 1. The average molecular weight is 227 g/mol. The molecule has 0 spiro atoms. The summed E-state index contributed by atoms with van der Waals surface area (Å²) < 4.78 is 1.27. The maximum Gasteiger partial charge on any atom is 0.354 e. The summed E-state index contributed by atoms with van der Waals surface area (Å²) in [7, 11) is 0. The van der Waals surface area contributed by atoms with Crippen molar-refractivity contribution in [1.29, 1.82) is 5.26 Å². The molecule has 2 aromatic rings. The third kappa shape index (κ3) is 1.88. The van der Waals surface area contributed by atoms with Gasteiger partial charge in [0.15, 0.2) is 5.69 Å². The van der Waals surface area contributed by atoms with Crippen molar-refractivity contribution in [2.75, 3.05) is 0 Å². The van der Waals surface area contributed by atoms with Gasteiger partial charge in [0.1, 0.15) is 6.07 Å². The van der Waals surface area contributed by atoms with Crippen LogP contribution in [0.25, 0.3) is 5.69 Å². The lowest BCUT2D eigenvalue weighted by molar-refractivity contribution is 0.0687. The Kier molecular flexibility index (Phi) is 2.63. The zero-order valence-electron chi connectivity index (χ0n) is 9.08. The molecule has 0 aliphatic carbocycles. The predicted octanol–water partition coefficient (Wildman–Crippen LogP) is 1.75. The van der Waals surface area contributed by atoms with E-state index in [0.717, 1.165) is 0 Å². The molecule has 5 heteroatoms. The first kappa shape index (κ1) is 10.9. The van der Waals surface area contributed by atoms with Gasteiger partial charge < -0.3 is 5.11 Å². The van der Waals surface area contributed by atoms with Crippen LogP contribution in [-0.2, 0) is 0 Å². The van der Waals surface area contributed by atoms with Crippen LogP contribution in [0.3, 0.4) is 0 Å². The molecule has 0 atom stereocenters. The largest absolute Gasteiger partial charge is 0.477 e. The van der Waals surface area contributed by atoms with Crippen molar-refractivity contribution in [2.45, 2.75) is 6.92 Å². The molecule has 0 bridgehead atoms. The maximum absolute atomic E-state index is 11.1. The van der Waals surface area contributed by atoms with Crippen LogP contribution in [0.2, 0.25) is 0 Å². The average Bonchev–Trinajstić information content (AvgIpc) is 2.71. The van der Waals surface area contributed by atoms with Gasteiger partial charge in [0.05, 0.1) is 16.9 Å². The number of aromatic nitrogens is 2. The number of hydrogen-bond acceptors (Lipinski definition) is 3. The number of carboxylic acid groups (broad SMARTS) is 1. The number of carboxylic acids is 1. The number of hydrogen-bond donors (Lipinski definition) is 1. The number of rotatable bonds is 2. The molecule has 0 fully saturated rings. The molecule has 1 aromatic heterocycles. The highest BCUT2D eigenvalue weighted by molar-refractivity contribution is 5.86. The van der Waals surface area contributed by atoms with E-state index in [-0.39, 0.29) is 5.69 Å². The van der Waals surface area contributed by atoms with Crippen LogP contribution in [0.15, 0.2) is 30.3 Å². The quantitative estimate of drug-likeness (QED) is 0.847. The number of carbonyl (C=O) groups is 1. The Balaban J connectivity index is 2.69. The van der Waals surface area contributed by atoms with Gasteiger partial charge in [0, 0.05) is 0 Å². The summed E-state index contributed by atoms with van der Waals surface area (Å²) in [6, 6.07) is 10.2. The van der Waals surface area contributed by atoms with E-state index >= 15 is 0 Å². The van der Waals surface area contributed by atoms with Crippen molar-refractivity contribution in [3.05, 3.63) is 47.3 Å². The van der Waals surface area contributed by atoms with E-state index in [1.165, 1.54) is 10.7 Å². The van der Waals surface area contributed by atoms with Crippen LogP contribution in [-0.4, -0.2) is 20.9 Å². The summed E-state index contributed by atoms with van der Waals surface area (Å²) in [5.41, 5.74) is 1.50. The van der Waals surface area contributed by atoms with Crippen LogP contribution in [0.4, 0.5) is 0 Å². The Bertz CT molecular complexity index is 623. The number of aryl methyl sites for hydroxylation is 1. The molecule has 1 aromatic carbocycles. The fraction of sp³-hybridized carbons (Fsp3) is 0.0833. The van der Waals surface area contributed by atoms with E-state index < -0.39 is 5.97 Å². The van der Waals surface area contributed by atoms with E-state index in [9.17, 15) is 4.79 Å². The van der Waals surface area contributed by atoms with E-state index in [1.54, 1.807) is 31.2 Å². The van der Waals surface area contributed by atoms with Crippen molar-refractivity contribution < 1.29 is 9.90 Å². The SMILES string of the molecule is Cc1cc(C(=O)O)n(-c2ccccc2C#N)n1. The first-order valence-electron chi connectivity index (χ1n) is 4.93. The Morgan fingerprint density at radius 3 is 2.82 bits per heavy atom. The second-order valence-corrected chi connectivity index (χ2v) is 3.52. The highest BCUT2D eigenvalue weighted by atomic mass is 16.4. The fourth-order valence-corrected chi connectivity index (χ4v) is 1.59. The molecule has 84 valence electrons. The number of aromatic carboxylic acids is 1. The standard InChI is InChI=1S/C12H9N3O2/c1-8-6-11(12(16)17)15(14-8)10-5-3-2-4-9(10)7-13/h2-6H,1H3,(H,16,17). The lowest BCUT2D eigenvalue weighted by Crippen LogP contribution is -2.09. The van der Waals surface area contributed by atoms with Gasteiger partial charge in [-0.2, -0.15) is 10.4 Å².